The van der Waals surface area contributed by atoms with Gasteiger partial charge in [0.25, 0.3) is 0 Å². The fourth-order valence-corrected chi connectivity index (χ4v) is 1.28. The molecule has 1 heterocycles. The van der Waals surface area contributed by atoms with Crippen LogP contribution in [0.15, 0.2) is 0 Å². The standard InChI is InChI=1S/C4H4Br2N2O2/c5-3(6)8-1-2(9)7-4(8)10/h3H,1H2,(H,7,9,10). The number of carbonyl (C=O) groups is 2. The summed E-state index contributed by atoms with van der Waals surface area (Å²) in [5.41, 5.74) is 0. The molecule has 4 nitrogen and oxygen atoms in total. The van der Waals surface area contributed by atoms with Gasteiger partial charge in [0, 0.05) is 0 Å². The van der Waals surface area contributed by atoms with Gasteiger partial charge >= 0.3 is 6.03 Å². The van der Waals surface area contributed by atoms with E-state index in [2.05, 4.69) is 37.2 Å². The van der Waals surface area contributed by atoms with Gasteiger partial charge in [-0.05, 0) is 0 Å². The van der Waals surface area contributed by atoms with E-state index in [0.29, 0.717) is 0 Å². The van der Waals surface area contributed by atoms with Crippen molar-refractivity contribution in [3.8, 4) is 0 Å². The van der Waals surface area contributed by atoms with Gasteiger partial charge < -0.3 is 0 Å². The second-order valence-corrected chi connectivity index (χ2v) is 4.72. The summed E-state index contributed by atoms with van der Waals surface area (Å²) in [5.74, 6) is -0.270. The lowest BCUT2D eigenvalue weighted by atomic mass is 10.6. The molecule has 0 atom stereocenters. The zero-order chi connectivity index (χ0) is 7.72. The van der Waals surface area contributed by atoms with E-state index in [0.717, 1.165) is 0 Å². The quantitative estimate of drug-likeness (QED) is 0.432. The molecule has 0 aromatic heterocycles. The molecule has 1 aliphatic heterocycles. The molecule has 10 heavy (non-hydrogen) atoms. The highest BCUT2D eigenvalue weighted by atomic mass is 79.9. The molecule has 1 fully saturated rings. The molecule has 56 valence electrons. The van der Waals surface area contributed by atoms with Crippen molar-refractivity contribution >= 4 is 43.8 Å². The van der Waals surface area contributed by atoms with E-state index in [1.54, 1.807) is 0 Å². The van der Waals surface area contributed by atoms with Gasteiger partial charge in [0.1, 0.15) is 10.4 Å². The van der Waals surface area contributed by atoms with Crippen LogP contribution >= 0.6 is 31.9 Å². The summed E-state index contributed by atoms with van der Waals surface area (Å²) in [4.78, 5) is 22.6. The normalized spacial score (nSPS) is 18.5. The Kier molecular flexibility index (Phi) is 2.30. The van der Waals surface area contributed by atoms with Crippen molar-refractivity contribution in [3.05, 3.63) is 0 Å². The first-order chi connectivity index (χ1) is 4.61. The zero-order valence-corrected chi connectivity index (χ0v) is 7.98. The van der Waals surface area contributed by atoms with E-state index in [9.17, 15) is 9.59 Å². The highest BCUT2D eigenvalue weighted by Gasteiger charge is 2.29. The van der Waals surface area contributed by atoms with Gasteiger partial charge in [-0.1, -0.05) is 31.9 Å². The molecular formula is C4H4Br2N2O2. The van der Waals surface area contributed by atoms with Gasteiger partial charge in [-0.25, -0.2) is 4.79 Å². The van der Waals surface area contributed by atoms with E-state index in [1.807, 2.05) is 0 Å². The molecule has 3 amide bonds. The predicted molar refractivity (Wildman–Crippen MR) is 41.9 cm³/mol. The van der Waals surface area contributed by atoms with Crippen molar-refractivity contribution < 1.29 is 9.59 Å². The molecule has 6 heteroatoms. The average molecular weight is 272 g/mol. The smallest absolute Gasteiger partial charge is 0.293 e. The molecule has 1 rings (SSSR count). The van der Waals surface area contributed by atoms with E-state index >= 15 is 0 Å². The summed E-state index contributed by atoms with van der Waals surface area (Å²) in [6.07, 6.45) is 0. The maximum Gasteiger partial charge on any atom is 0.326 e. The summed E-state index contributed by atoms with van der Waals surface area (Å²) in [6.45, 7) is 0.111. The number of alkyl halides is 2. The van der Waals surface area contributed by atoms with Gasteiger partial charge in [-0.2, -0.15) is 0 Å². The number of carbonyl (C=O) groups excluding carboxylic acids is 2. The lowest BCUT2D eigenvalue weighted by Crippen LogP contribution is -2.30. The number of imide groups is 1. The molecule has 0 aromatic carbocycles. The van der Waals surface area contributed by atoms with Crippen molar-refractivity contribution in [1.29, 1.82) is 0 Å². The first-order valence-corrected chi connectivity index (χ1v) is 4.33. The number of amides is 3. The number of nitrogens with zero attached hydrogens (tertiary/aromatic N) is 1. The molecule has 0 saturated carbocycles. The van der Waals surface area contributed by atoms with E-state index in [4.69, 9.17) is 0 Å². The van der Waals surface area contributed by atoms with Crippen LogP contribution in [0.25, 0.3) is 0 Å². The Bertz CT molecular complexity index is 182. The Labute approximate surface area is 74.2 Å². The second kappa shape index (κ2) is 2.87. The average Bonchev–Trinajstić information content (AvgIpc) is 2.10. The fourth-order valence-electron chi connectivity index (χ4n) is 0.615. The summed E-state index contributed by atoms with van der Waals surface area (Å²) in [7, 11) is 0. The third-order valence-corrected chi connectivity index (χ3v) is 2.05. The molecule has 1 saturated heterocycles. The lowest BCUT2D eigenvalue weighted by molar-refractivity contribution is -0.118. The van der Waals surface area contributed by atoms with Gasteiger partial charge in [-0.3, -0.25) is 15.0 Å². The molecule has 0 aliphatic carbocycles. The van der Waals surface area contributed by atoms with Crippen LogP contribution in [0.3, 0.4) is 0 Å². The van der Waals surface area contributed by atoms with Crippen molar-refractivity contribution in [2.24, 2.45) is 0 Å². The largest absolute Gasteiger partial charge is 0.326 e. The molecule has 0 aromatic rings. The van der Waals surface area contributed by atoms with Crippen LogP contribution < -0.4 is 5.32 Å². The third-order valence-electron chi connectivity index (χ3n) is 1.06. The minimum atomic E-state index is -0.372. The predicted octanol–water partition coefficient (Wildman–Crippen LogP) is 0.612. The van der Waals surface area contributed by atoms with Crippen LogP contribution in [-0.4, -0.2) is 27.2 Å². The van der Waals surface area contributed by atoms with Crippen LogP contribution in [-0.2, 0) is 4.79 Å². The highest BCUT2D eigenvalue weighted by molar-refractivity contribution is 9.24. The molecule has 0 spiro atoms. The number of urea groups is 1. The number of nitrogens with one attached hydrogen (secondary N) is 1. The number of rotatable bonds is 1. The Morgan fingerprint density at radius 3 is 2.30 bits per heavy atom. The first kappa shape index (κ1) is 8.00. The molecule has 0 unspecified atom stereocenters. The van der Waals surface area contributed by atoms with Gasteiger partial charge in [0.05, 0.1) is 0 Å². The van der Waals surface area contributed by atoms with E-state index in [1.165, 1.54) is 4.90 Å². The summed E-state index contributed by atoms with van der Waals surface area (Å²) in [5, 5.41) is 2.14. The van der Waals surface area contributed by atoms with Crippen LogP contribution in [0.4, 0.5) is 4.79 Å². The van der Waals surface area contributed by atoms with Crippen LogP contribution in [0, 0.1) is 0 Å². The first-order valence-electron chi connectivity index (χ1n) is 2.50. The SMILES string of the molecule is O=C1CN(C(Br)Br)C(=O)N1. The monoisotopic (exact) mass is 270 g/mol. The maximum atomic E-state index is 10.8. The summed E-state index contributed by atoms with van der Waals surface area (Å²) < 4.78 is -0.272. The Hall–Kier alpha value is -0.100. The molecule has 0 bridgehead atoms. The molecular weight excluding hydrogens is 268 g/mol. The maximum absolute atomic E-state index is 10.8. The van der Waals surface area contributed by atoms with Crippen molar-refractivity contribution in [2.45, 2.75) is 3.86 Å². The lowest BCUT2D eigenvalue weighted by Gasteiger charge is -2.13. The summed E-state index contributed by atoms with van der Waals surface area (Å²) >= 11 is 6.20. The zero-order valence-electron chi connectivity index (χ0n) is 4.80. The minimum absolute atomic E-state index is 0.111. The molecule has 1 aliphatic rings. The van der Waals surface area contributed by atoms with Crippen LogP contribution in [0.5, 0.6) is 0 Å². The van der Waals surface area contributed by atoms with Gasteiger partial charge in [0.15, 0.2) is 0 Å². The second-order valence-electron chi connectivity index (χ2n) is 1.76. The highest BCUT2D eigenvalue weighted by Crippen LogP contribution is 2.16. The molecule has 0 radical (unpaired) electrons. The van der Waals surface area contributed by atoms with Crippen molar-refractivity contribution in [1.82, 2.24) is 10.2 Å². The van der Waals surface area contributed by atoms with Gasteiger partial charge in [-0.15, -0.1) is 0 Å². The van der Waals surface area contributed by atoms with Crippen molar-refractivity contribution in [3.63, 3.8) is 0 Å². The van der Waals surface area contributed by atoms with Crippen LogP contribution in [0.2, 0.25) is 0 Å². The summed E-state index contributed by atoms with van der Waals surface area (Å²) in [6, 6.07) is -0.372. The topological polar surface area (TPSA) is 49.4 Å². The van der Waals surface area contributed by atoms with Gasteiger partial charge in [0.2, 0.25) is 5.91 Å². The number of hydrogen-bond donors (Lipinski definition) is 1. The third kappa shape index (κ3) is 1.49. The molecule has 1 N–H and O–H groups in total. The number of halogens is 2. The Morgan fingerprint density at radius 2 is 2.10 bits per heavy atom. The van der Waals surface area contributed by atoms with Crippen LogP contribution in [0.1, 0.15) is 0 Å². The Balaban J connectivity index is 2.63. The van der Waals surface area contributed by atoms with E-state index in [-0.39, 0.29) is 22.3 Å². The number of hydrogen-bond acceptors (Lipinski definition) is 2. The minimum Gasteiger partial charge on any atom is -0.293 e. The fraction of sp³-hybridized carbons (Fsp3) is 0.500. The van der Waals surface area contributed by atoms with E-state index < -0.39 is 0 Å². The Morgan fingerprint density at radius 1 is 1.50 bits per heavy atom. The van der Waals surface area contributed by atoms with Crippen molar-refractivity contribution in [2.75, 3.05) is 6.54 Å².